The monoisotopic (exact) mass is 920 g/mol. The summed E-state index contributed by atoms with van der Waals surface area (Å²) in [5.41, 5.74) is 14.6. The van der Waals surface area contributed by atoms with Crippen LogP contribution in [0.4, 0.5) is 28.7 Å². The molecule has 0 aromatic carbocycles. The van der Waals surface area contributed by atoms with Crippen LogP contribution < -0.4 is 41.0 Å². The van der Waals surface area contributed by atoms with E-state index in [-0.39, 0.29) is 36.8 Å². The smallest absolute Gasteiger partial charge is 0.215 e. The number of hydrogen-bond donors (Lipinski definition) is 5. The quantitative estimate of drug-likeness (QED) is 0.170. The third kappa shape index (κ3) is 9.83. The first kappa shape index (κ1) is 42.4. The van der Waals surface area contributed by atoms with E-state index in [9.17, 15) is 10.2 Å². The molecule has 8 heterocycles. The lowest BCUT2D eigenvalue weighted by molar-refractivity contribution is -0.0133. The highest BCUT2D eigenvalue weighted by molar-refractivity contribution is 9.10. The van der Waals surface area contributed by atoms with Crippen LogP contribution in [0.3, 0.4) is 0 Å². The molecule has 6 aliphatic rings. The fourth-order valence-electron chi connectivity index (χ4n) is 8.56. The van der Waals surface area contributed by atoms with Crippen molar-refractivity contribution in [3.63, 3.8) is 0 Å². The average molecular weight is 923 g/mol. The van der Waals surface area contributed by atoms with Gasteiger partial charge in [-0.3, -0.25) is 0 Å². The van der Waals surface area contributed by atoms with Crippen LogP contribution in [0, 0.1) is 0 Å². The molecule has 312 valence electrons. The molecule has 58 heavy (non-hydrogen) atoms. The molecule has 6 fully saturated rings. The molecule has 4 aromatic heterocycles. The van der Waals surface area contributed by atoms with E-state index in [1.165, 1.54) is 18.5 Å². The van der Waals surface area contributed by atoms with Crippen molar-refractivity contribution < 1.29 is 19.7 Å². The molecule has 4 saturated heterocycles. The highest BCUT2D eigenvalue weighted by Crippen LogP contribution is 2.39. The van der Waals surface area contributed by atoms with Gasteiger partial charge < -0.3 is 51.2 Å². The van der Waals surface area contributed by atoms with Crippen molar-refractivity contribution in [3.8, 4) is 11.8 Å². The number of rotatable bonds is 7. The van der Waals surface area contributed by atoms with Crippen LogP contribution in [-0.4, -0.2) is 115 Å². The Kier molecular flexibility index (Phi) is 13.7. The SMILES string of the molecule is Cl.Nc1nnc(Cl)cc1Br.Nc1nnc(Cl)cc1N1CC2CCC(C1)N2c1ccnc(OC2CC(O)C2)c1.OC1CC(Oc2cc(N3C4CCC3CNC4)ccn2)C1. The maximum absolute atomic E-state index is 9.45. The molecular formula is C38H48BrCl3N12O4. The number of nitrogen functional groups attached to an aromatic ring is 2. The van der Waals surface area contributed by atoms with E-state index in [4.69, 9.17) is 44.1 Å². The summed E-state index contributed by atoms with van der Waals surface area (Å²) in [5.74, 6) is 2.09. The second-order valence-corrected chi connectivity index (χ2v) is 17.0. The number of nitrogens with one attached hydrogen (secondary N) is 1. The summed E-state index contributed by atoms with van der Waals surface area (Å²) < 4.78 is 12.4. The number of piperazine rings is 2. The first-order valence-electron chi connectivity index (χ1n) is 19.4. The number of aromatic nitrogens is 6. The van der Waals surface area contributed by atoms with Crippen molar-refractivity contribution in [2.75, 3.05) is 52.3 Å². The molecule has 20 heteroatoms. The van der Waals surface area contributed by atoms with Gasteiger partial charge in [0.15, 0.2) is 21.9 Å². The van der Waals surface area contributed by atoms with E-state index in [1.807, 2.05) is 18.3 Å². The molecule has 4 aromatic rings. The van der Waals surface area contributed by atoms with Gasteiger partial charge in [-0.25, -0.2) is 9.97 Å². The molecule has 4 bridgehead atoms. The number of aliphatic hydroxyl groups excluding tert-OH is 2. The normalized spacial score (nSPS) is 27.8. The van der Waals surface area contributed by atoms with Crippen molar-refractivity contribution in [2.24, 2.45) is 0 Å². The minimum Gasteiger partial charge on any atom is -0.474 e. The number of nitrogens with zero attached hydrogens (tertiary/aromatic N) is 9. The van der Waals surface area contributed by atoms with Crippen LogP contribution in [0.15, 0.2) is 53.3 Å². The summed E-state index contributed by atoms with van der Waals surface area (Å²) in [7, 11) is 0. The zero-order valence-electron chi connectivity index (χ0n) is 31.7. The minimum atomic E-state index is -0.235. The van der Waals surface area contributed by atoms with E-state index < -0.39 is 0 Å². The number of hydrogen-bond acceptors (Lipinski definition) is 16. The van der Waals surface area contributed by atoms with Crippen molar-refractivity contribution in [2.45, 2.75) is 99.9 Å². The van der Waals surface area contributed by atoms with Gasteiger partial charge in [0.1, 0.15) is 12.2 Å². The number of ether oxygens (including phenoxy) is 2. The van der Waals surface area contributed by atoms with Crippen molar-refractivity contribution in [1.29, 1.82) is 0 Å². The van der Waals surface area contributed by atoms with E-state index in [0.717, 1.165) is 63.2 Å². The minimum absolute atomic E-state index is 0. The lowest BCUT2D eigenvalue weighted by atomic mass is 9.92. The number of aliphatic hydroxyl groups is 2. The molecule has 10 rings (SSSR count). The summed E-state index contributed by atoms with van der Waals surface area (Å²) in [6, 6.07) is 13.6. The molecule has 4 aliphatic heterocycles. The summed E-state index contributed by atoms with van der Waals surface area (Å²) in [4.78, 5) is 15.9. The number of halogens is 4. The van der Waals surface area contributed by atoms with Crippen LogP contribution in [0.2, 0.25) is 10.3 Å². The Morgan fingerprint density at radius 2 is 1.14 bits per heavy atom. The number of pyridine rings is 2. The lowest BCUT2D eigenvalue weighted by Gasteiger charge is -2.43. The van der Waals surface area contributed by atoms with Crippen molar-refractivity contribution >= 4 is 80.2 Å². The highest BCUT2D eigenvalue weighted by Gasteiger charge is 2.41. The van der Waals surface area contributed by atoms with Crippen LogP contribution in [0.5, 0.6) is 11.8 Å². The zero-order chi connectivity index (χ0) is 39.6. The third-order valence-electron chi connectivity index (χ3n) is 11.5. The van der Waals surface area contributed by atoms with Gasteiger partial charge in [-0.05, 0) is 59.8 Å². The van der Waals surface area contributed by atoms with Gasteiger partial charge in [-0.2, -0.15) is 0 Å². The van der Waals surface area contributed by atoms with Gasteiger partial charge in [0.2, 0.25) is 11.8 Å². The standard InChI is InChI=1S/C19H23ClN6O2.C15H21N3O2.C4H3BrClN3.ClH/c20-17-8-16(19(21)24-23-17)25-9-12-1-2-13(10-25)26(12)11-3-4-22-18(5-11)28-15-6-14(27)7-15;19-13-6-14(7-13)20-15-5-10(3-4-17-15)18-11-1-2-12(18)9-16-8-11;5-2-1-3(6)8-9-4(2)7;/h3-5,8,12-15,27H,1-2,6-7,9-10H2,(H2,21,24);3-5,11-14,16,19H,1-2,6-9H2;1H,(H2,7,9);1H. The van der Waals surface area contributed by atoms with Crippen LogP contribution >= 0.6 is 51.5 Å². The third-order valence-corrected chi connectivity index (χ3v) is 12.5. The van der Waals surface area contributed by atoms with Crippen LogP contribution in [0.1, 0.15) is 51.4 Å². The maximum atomic E-state index is 9.45. The zero-order valence-corrected chi connectivity index (χ0v) is 35.6. The Hall–Kier alpha value is -3.71. The van der Waals surface area contributed by atoms with Gasteiger partial charge in [-0.15, -0.1) is 32.8 Å². The molecule has 2 saturated carbocycles. The molecule has 2 aliphatic carbocycles. The van der Waals surface area contributed by atoms with Crippen LogP contribution in [0.25, 0.3) is 0 Å². The van der Waals surface area contributed by atoms with Gasteiger partial charge in [0.25, 0.3) is 0 Å². The van der Waals surface area contributed by atoms with Crippen LogP contribution in [-0.2, 0) is 0 Å². The fraction of sp³-hybridized carbons (Fsp3) is 0.526. The lowest BCUT2D eigenvalue weighted by Crippen LogP contribution is -2.54. The van der Waals surface area contributed by atoms with E-state index in [2.05, 4.69) is 78.4 Å². The first-order valence-corrected chi connectivity index (χ1v) is 21.0. The van der Waals surface area contributed by atoms with Gasteiger partial charge in [-0.1, -0.05) is 23.2 Å². The summed E-state index contributed by atoms with van der Waals surface area (Å²) in [5, 5.41) is 37.8. The second kappa shape index (κ2) is 18.7. The molecule has 0 radical (unpaired) electrons. The predicted molar refractivity (Wildman–Crippen MR) is 229 cm³/mol. The summed E-state index contributed by atoms with van der Waals surface area (Å²) in [6.45, 7) is 3.86. The highest BCUT2D eigenvalue weighted by atomic mass is 79.9. The van der Waals surface area contributed by atoms with Gasteiger partial charge in [0.05, 0.1) is 22.4 Å². The largest absolute Gasteiger partial charge is 0.474 e. The summed E-state index contributed by atoms with van der Waals surface area (Å²) in [6.07, 6.45) is 11.0. The molecule has 4 atom stereocenters. The Bertz CT molecular complexity index is 1990. The summed E-state index contributed by atoms with van der Waals surface area (Å²) >= 11 is 14.6. The number of nitrogens with two attached hydrogens (primary N) is 2. The van der Waals surface area contributed by atoms with Crippen molar-refractivity contribution in [3.05, 3.63) is 63.6 Å². The Morgan fingerprint density at radius 3 is 1.62 bits per heavy atom. The Balaban J connectivity index is 0.000000148. The first-order chi connectivity index (χ1) is 27.6. The number of fused-ring (bicyclic) bond motifs is 4. The van der Waals surface area contributed by atoms with E-state index in [0.29, 0.717) is 75.2 Å². The molecule has 0 amide bonds. The second-order valence-electron chi connectivity index (χ2n) is 15.4. The molecule has 7 N–H and O–H groups in total. The Morgan fingerprint density at radius 1 is 0.672 bits per heavy atom. The predicted octanol–water partition coefficient (Wildman–Crippen LogP) is 4.69. The number of anilines is 5. The van der Waals surface area contributed by atoms with Gasteiger partial charge >= 0.3 is 0 Å². The molecule has 16 nitrogen and oxygen atoms in total. The van der Waals surface area contributed by atoms with E-state index >= 15 is 0 Å². The molecule has 4 unspecified atom stereocenters. The topological polar surface area (TPSA) is 210 Å². The average Bonchev–Trinajstić information content (AvgIpc) is 3.59. The van der Waals surface area contributed by atoms with Crippen molar-refractivity contribution in [1.82, 2.24) is 35.7 Å². The Labute approximate surface area is 361 Å². The maximum Gasteiger partial charge on any atom is 0.215 e. The van der Waals surface area contributed by atoms with Gasteiger partial charge in [0, 0.05) is 118 Å². The molecular weight excluding hydrogens is 875 g/mol. The fourth-order valence-corrected chi connectivity index (χ4v) is 9.27. The molecule has 0 spiro atoms. The van der Waals surface area contributed by atoms with E-state index in [1.54, 1.807) is 18.3 Å².